The maximum Gasteiger partial charge on any atom is 0.240 e. The summed E-state index contributed by atoms with van der Waals surface area (Å²) < 4.78 is 27.0. The van der Waals surface area contributed by atoms with Crippen molar-refractivity contribution in [3.8, 4) is 6.07 Å². The van der Waals surface area contributed by atoms with Crippen LogP contribution in [-0.4, -0.2) is 19.4 Å². The van der Waals surface area contributed by atoms with Gasteiger partial charge in [0.15, 0.2) is 0 Å². The van der Waals surface area contributed by atoms with Crippen molar-refractivity contribution in [2.45, 2.75) is 17.7 Å². The van der Waals surface area contributed by atoms with E-state index in [4.69, 9.17) is 5.26 Å². The van der Waals surface area contributed by atoms with Crippen LogP contribution in [0.5, 0.6) is 0 Å². The van der Waals surface area contributed by atoms with Gasteiger partial charge in [0.2, 0.25) is 10.0 Å². The van der Waals surface area contributed by atoms with Crippen LogP contribution in [0.3, 0.4) is 0 Å². The van der Waals surface area contributed by atoms with Crippen molar-refractivity contribution in [3.63, 3.8) is 0 Å². The summed E-state index contributed by atoms with van der Waals surface area (Å²) in [6, 6.07) is 8.40. The standard InChI is InChI=1S/C11H13IN2O2S/c12-7-1-9-14-17(15,16)11-4-2-10(3-5-11)6-8-13/h2-5,14H,1,6-7,9H2. The highest BCUT2D eigenvalue weighted by Gasteiger charge is 2.12. The smallest absolute Gasteiger partial charge is 0.211 e. The van der Waals surface area contributed by atoms with Crippen LogP contribution in [0.4, 0.5) is 0 Å². The molecule has 4 nitrogen and oxygen atoms in total. The topological polar surface area (TPSA) is 70.0 Å². The second-order valence-electron chi connectivity index (χ2n) is 3.42. The zero-order valence-electron chi connectivity index (χ0n) is 9.19. The Labute approximate surface area is 115 Å². The summed E-state index contributed by atoms with van der Waals surface area (Å²) in [7, 11) is -3.40. The first-order valence-corrected chi connectivity index (χ1v) is 8.12. The first-order chi connectivity index (χ1) is 8.10. The molecule has 0 saturated heterocycles. The predicted octanol–water partition coefficient (Wildman–Crippen LogP) is 1.86. The molecular weight excluding hydrogens is 351 g/mol. The van der Waals surface area contributed by atoms with Gasteiger partial charge in [0, 0.05) is 11.0 Å². The number of alkyl halides is 1. The molecule has 0 radical (unpaired) electrons. The minimum atomic E-state index is -3.40. The molecule has 0 atom stereocenters. The van der Waals surface area contributed by atoms with Gasteiger partial charge in [-0.1, -0.05) is 34.7 Å². The lowest BCUT2D eigenvalue weighted by Crippen LogP contribution is -2.24. The minimum Gasteiger partial charge on any atom is -0.211 e. The van der Waals surface area contributed by atoms with E-state index in [0.717, 1.165) is 16.4 Å². The Kier molecular flexibility index (Phi) is 5.88. The molecule has 0 fully saturated rings. The van der Waals surface area contributed by atoms with Crippen molar-refractivity contribution in [1.29, 1.82) is 5.26 Å². The van der Waals surface area contributed by atoms with Crippen LogP contribution in [0, 0.1) is 11.3 Å². The van der Waals surface area contributed by atoms with Gasteiger partial charge in [0.25, 0.3) is 0 Å². The van der Waals surface area contributed by atoms with Crippen LogP contribution >= 0.6 is 22.6 Å². The lowest BCUT2D eigenvalue weighted by atomic mass is 10.2. The number of nitriles is 1. The van der Waals surface area contributed by atoms with E-state index in [1.807, 2.05) is 6.07 Å². The number of halogens is 1. The molecule has 0 bridgehead atoms. The number of rotatable bonds is 6. The Balaban J connectivity index is 2.75. The normalized spacial score (nSPS) is 11.1. The summed E-state index contributed by atoms with van der Waals surface area (Å²) in [5.74, 6) is 0. The van der Waals surface area contributed by atoms with Crippen molar-refractivity contribution in [3.05, 3.63) is 29.8 Å². The van der Waals surface area contributed by atoms with Crippen LogP contribution in [0.25, 0.3) is 0 Å². The molecule has 1 aromatic carbocycles. The van der Waals surface area contributed by atoms with Crippen LogP contribution < -0.4 is 4.72 Å². The number of nitrogens with one attached hydrogen (secondary N) is 1. The Hall–Kier alpha value is -0.650. The molecule has 0 aliphatic heterocycles. The number of hydrogen-bond acceptors (Lipinski definition) is 3. The van der Waals surface area contributed by atoms with Gasteiger partial charge in [-0.15, -0.1) is 0 Å². The highest BCUT2D eigenvalue weighted by Crippen LogP contribution is 2.10. The molecule has 17 heavy (non-hydrogen) atoms. The summed E-state index contributed by atoms with van der Waals surface area (Å²) in [6.07, 6.45) is 1.11. The molecule has 0 unspecified atom stereocenters. The van der Waals surface area contributed by atoms with Crippen molar-refractivity contribution in [1.82, 2.24) is 4.72 Å². The highest BCUT2D eigenvalue weighted by atomic mass is 127. The highest BCUT2D eigenvalue weighted by molar-refractivity contribution is 14.1. The summed E-state index contributed by atoms with van der Waals surface area (Å²) in [5, 5.41) is 8.51. The fourth-order valence-corrected chi connectivity index (χ4v) is 2.69. The number of sulfonamides is 1. The zero-order chi connectivity index (χ0) is 12.7. The molecule has 0 aromatic heterocycles. The summed E-state index contributed by atoms with van der Waals surface area (Å²) in [4.78, 5) is 0.243. The fourth-order valence-electron chi connectivity index (χ4n) is 1.23. The van der Waals surface area contributed by atoms with Crippen molar-refractivity contribution in [2.24, 2.45) is 0 Å². The molecule has 1 N–H and O–H groups in total. The average molecular weight is 364 g/mol. The molecule has 0 heterocycles. The molecular formula is C11H13IN2O2S. The summed E-state index contributed by atoms with van der Waals surface area (Å²) in [6.45, 7) is 0.450. The van der Waals surface area contributed by atoms with Crippen molar-refractivity contribution < 1.29 is 8.42 Å². The van der Waals surface area contributed by atoms with E-state index in [9.17, 15) is 8.42 Å². The van der Waals surface area contributed by atoms with Crippen LogP contribution in [-0.2, 0) is 16.4 Å². The first-order valence-electron chi connectivity index (χ1n) is 5.11. The van der Waals surface area contributed by atoms with Crippen LogP contribution in [0.2, 0.25) is 0 Å². The van der Waals surface area contributed by atoms with E-state index in [0.29, 0.717) is 13.0 Å². The maximum absolute atomic E-state index is 11.8. The van der Waals surface area contributed by atoms with Crippen molar-refractivity contribution >= 4 is 32.6 Å². The van der Waals surface area contributed by atoms with Crippen molar-refractivity contribution in [2.75, 3.05) is 11.0 Å². The minimum absolute atomic E-state index is 0.243. The third-order valence-electron chi connectivity index (χ3n) is 2.12. The average Bonchev–Trinajstić information content (AvgIpc) is 2.30. The molecule has 0 aliphatic rings. The van der Waals surface area contributed by atoms with E-state index < -0.39 is 10.0 Å². The molecule has 0 amide bonds. The third-order valence-corrected chi connectivity index (χ3v) is 4.36. The first kappa shape index (κ1) is 14.4. The Morgan fingerprint density at radius 3 is 2.47 bits per heavy atom. The molecule has 1 aromatic rings. The van der Waals surface area contributed by atoms with Crippen LogP contribution in [0.1, 0.15) is 12.0 Å². The molecule has 92 valence electrons. The van der Waals surface area contributed by atoms with Gasteiger partial charge in [-0.2, -0.15) is 5.26 Å². The second-order valence-corrected chi connectivity index (χ2v) is 6.26. The predicted molar refractivity (Wildman–Crippen MR) is 74.5 cm³/mol. The second kappa shape index (κ2) is 6.93. The van der Waals surface area contributed by atoms with Crippen LogP contribution in [0.15, 0.2) is 29.2 Å². The lowest BCUT2D eigenvalue weighted by molar-refractivity contribution is 0.581. The van der Waals surface area contributed by atoms with E-state index >= 15 is 0 Å². The van der Waals surface area contributed by atoms with E-state index in [-0.39, 0.29) is 4.90 Å². The summed E-state index contributed by atoms with van der Waals surface area (Å²) >= 11 is 2.20. The lowest BCUT2D eigenvalue weighted by Gasteiger charge is -2.06. The van der Waals surface area contributed by atoms with Gasteiger partial charge in [0.05, 0.1) is 17.4 Å². The van der Waals surface area contributed by atoms with Gasteiger partial charge in [0.1, 0.15) is 0 Å². The van der Waals surface area contributed by atoms with E-state index in [1.165, 1.54) is 12.1 Å². The van der Waals surface area contributed by atoms with Gasteiger partial charge < -0.3 is 0 Å². The molecule has 0 saturated carbocycles. The molecule has 1 rings (SSSR count). The Morgan fingerprint density at radius 1 is 1.29 bits per heavy atom. The van der Waals surface area contributed by atoms with Gasteiger partial charge in [-0.25, -0.2) is 13.1 Å². The molecule has 0 aliphatic carbocycles. The van der Waals surface area contributed by atoms with Gasteiger partial charge >= 0.3 is 0 Å². The SMILES string of the molecule is N#CCc1ccc(S(=O)(=O)NCCCI)cc1. The van der Waals surface area contributed by atoms with Gasteiger partial charge in [-0.05, 0) is 24.1 Å². The van der Waals surface area contributed by atoms with Gasteiger partial charge in [-0.3, -0.25) is 0 Å². The molecule has 6 heteroatoms. The number of benzene rings is 1. The zero-order valence-corrected chi connectivity index (χ0v) is 12.2. The number of nitrogens with zero attached hydrogens (tertiary/aromatic N) is 1. The largest absolute Gasteiger partial charge is 0.240 e. The monoisotopic (exact) mass is 364 g/mol. The Morgan fingerprint density at radius 2 is 1.94 bits per heavy atom. The number of hydrogen-bond donors (Lipinski definition) is 1. The maximum atomic E-state index is 11.8. The third kappa shape index (κ3) is 4.61. The van der Waals surface area contributed by atoms with E-state index in [2.05, 4.69) is 27.3 Å². The summed E-state index contributed by atoms with van der Waals surface area (Å²) in [5.41, 5.74) is 0.818. The molecule has 0 spiro atoms. The Bertz CT molecular complexity index is 491. The fraction of sp³-hybridized carbons (Fsp3) is 0.364. The van der Waals surface area contributed by atoms with E-state index in [1.54, 1.807) is 12.1 Å². The quantitative estimate of drug-likeness (QED) is 0.476.